The molecule has 0 spiro atoms. The van der Waals surface area contributed by atoms with Crippen LogP contribution < -0.4 is 20.1 Å². The third-order valence-electron chi connectivity index (χ3n) is 3.02. The van der Waals surface area contributed by atoms with Crippen molar-refractivity contribution in [1.29, 1.82) is 0 Å². The molecule has 0 aliphatic carbocycles. The molecule has 0 bridgehead atoms. The molecule has 2 aromatic rings. The first-order chi connectivity index (χ1) is 11.1. The molecule has 0 saturated heterocycles. The van der Waals surface area contributed by atoms with E-state index in [0.717, 1.165) is 21.7 Å². The van der Waals surface area contributed by atoms with Gasteiger partial charge in [0.1, 0.15) is 18.1 Å². The molecule has 0 amide bonds. The van der Waals surface area contributed by atoms with Crippen LogP contribution in [0.25, 0.3) is 0 Å². The van der Waals surface area contributed by atoms with Crippen molar-refractivity contribution in [2.24, 2.45) is 0 Å². The molecular formula is C17H19BrN2O2S. The monoisotopic (exact) mass is 394 g/mol. The fourth-order valence-corrected chi connectivity index (χ4v) is 2.61. The van der Waals surface area contributed by atoms with Crippen LogP contribution in [0.2, 0.25) is 0 Å². The van der Waals surface area contributed by atoms with E-state index >= 15 is 0 Å². The summed E-state index contributed by atoms with van der Waals surface area (Å²) in [5.74, 6) is 1.60. The summed E-state index contributed by atoms with van der Waals surface area (Å²) < 4.78 is 11.8. The first kappa shape index (κ1) is 17.6. The van der Waals surface area contributed by atoms with E-state index in [1.165, 1.54) is 0 Å². The lowest BCUT2D eigenvalue weighted by molar-refractivity contribution is 0.286. The lowest BCUT2D eigenvalue weighted by Gasteiger charge is -2.18. The molecule has 2 aromatic carbocycles. The summed E-state index contributed by atoms with van der Waals surface area (Å²) in [7, 11) is 1.64. The van der Waals surface area contributed by atoms with Crippen molar-refractivity contribution >= 4 is 38.9 Å². The van der Waals surface area contributed by atoms with Crippen molar-refractivity contribution in [2.75, 3.05) is 19.0 Å². The van der Waals surface area contributed by atoms with Crippen LogP contribution in [0.3, 0.4) is 0 Å². The second kappa shape index (κ2) is 8.74. The smallest absolute Gasteiger partial charge is 0.171 e. The van der Waals surface area contributed by atoms with Crippen molar-refractivity contribution in [2.45, 2.75) is 13.0 Å². The number of nitrogens with one attached hydrogen (secondary N) is 2. The predicted octanol–water partition coefficient (Wildman–Crippen LogP) is 4.21. The van der Waals surface area contributed by atoms with Crippen molar-refractivity contribution in [3.8, 4) is 11.5 Å². The summed E-state index contributed by atoms with van der Waals surface area (Å²) in [5, 5.41) is 6.90. The van der Waals surface area contributed by atoms with E-state index in [9.17, 15) is 0 Å². The van der Waals surface area contributed by atoms with Crippen molar-refractivity contribution in [1.82, 2.24) is 5.32 Å². The minimum Gasteiger partial charge on any atom is -0.497 e. The fraction of sp³-hybridized carbons (Fsp3) is 0.235. The highest BCUT2D eigenvalue weighted by molar-refractivity contribution is 9.10. The molecule has 0 aromatic heterocycles. The van der Waals surface area contributed by atoms with Crippen LogP contribution in [-0.4, -0.2) is 24.9 Å². The van der Waals surface area contributed by atoms with Crippen molar-refractivity contribution < 1.29 is 9.47 Å². The van der Waals surface area contributed by atoms with E-state index < -0.39 is 0 Å². The van der Waals surface area contributed by atoms with Gasteiger partial charge in [0.15, 0.2) is 5.11 Å². The molecule has 6 heteroatoms. The number of methoxy groups -OCH3 is 1. The molecule has 0 saturated carbocycles. The zero-order valence-electron chi connectivity index (χ0n) is 13.0. The van der Waals surface area contributed by atoms with Gasteiger partial charge in [-0.05, 0) is 61.6 Å². The van der Waals surface area contributed by atoms with Gasteiger partial charge < -0.3 is 20.1 Å². The highest BCUT2D eigenvalue weighted by atomic mass is 79.9. The minimum absolute atomic E-state index is 0.0734. The zero-order valence-corrected chi connectivity index (χ0v) is 15.4. The van der Waals surface area contributed by atoms with Crippen LogP contribution in [-0.2, 0) is 0 Å². The molecule has 4 nitrogen and oxygen atoms in total. The Bertz CT molecular complexity index is 649. The first-order valence-electron chi connectivity index (χ1n) is 7.17. The molecule has 0 fully saturated rings. The number of hydrogen-bond acceptors (Lipinski definition) is 3. The number of halogens is 1. The number of thiocarbonyl (C=S) groups is 1. The summed E-state index contributed by atoms with van der Waals surface area (Å²) >= 11 is 8.74. The van der Waals surface area contributed by atoms with Gasteiger partial charge in [-0.2, -0.15) is 0 Å². The van der Waals surface area contributed by atoms with Crippen molar-refractivity contribution in [3.63, 3.8) is 0 Å². The van der Waals surface area contributed by atoms with Crippen LogP contribution in [0.4, 0.5) is 5.69 Å². The van der Waals surface area contributed by atoms with Crippen LogP contribution in [0.1, 0.15) is 6.92 Å². The molecule has 0 aliphatic rings. The normalized spacial score (nSPS) is 11.4. The average Bonchev–Trinajstić information content (AvgIpc) is 2.53. The van der Waals surface area contributed by atoms with E-state index in [2.05, 4.69) is 26.6 Å². The van der Waals surface area contributed by atoms with Crippen LogP contribution in [0, 0.1) is 0 Å². The topological polar surface area (TPSA) is 42.5 Å². The molecule has 23 heavy (non-hydrogen) atoms. The van der Waals surface area contributed by atoms with E-state index in [0.29, 0.717) is 11.7 Å². The van der Waals surface area contributed by atoms with E-state index in [4.69, 9.17) is 21.7 Å². The van der Waals surface area contributed by atoms with Crippen molar-refractivity contribution in [3.05, 3.63) is 53.0 Å². The molecule has 2 N–H and O–H groups in total. The maximum Gasteiger partial charge on any atom is 0.171 e. The quantitative estimate of drug-likeness (QED) is 0.718. The van der Waals surface area contributed by atoms with Gasteiger partial charge in [-0.1, -0.05) is 22.0 Å². The summed E-state index contributed by atoms with van der Waals surface area (Å²) in [4.78, 5) is 0. The molecule has 0 radical (unpaired) electrons. The highest BCUT2D eigenvalue weighted by Crippen LogP contribution is 2.17. The number of hydrogen-bond donors (Lipinski definition) is 2. The lowest BCUT2D eigenvalue weighted by Crippen LogP contribution is -2.39. The van der Waals surface area contributed by atoms with E-state index in [-0.39, 0.29) is 6.04 Å². The average molecular weight is 395 g/mol. The Balaban J connectivity index is 1.77. The van der Waals surface area contributed by atoms with Gasteiger partial charge in [0, 0.05) is 10.2 Å². The Morgan fingerprint density at radius 2 is 1.87 bits per heavy atom. The summed E-state index contributed by atoms with van der Waals surface area (Å²) in [6, 6.07) is 15.4. The molecule has 1 atom stereocenters. The minimum atomic E-state index is 0.0734. The van der Waals surface area contributed by atoms with Gasteiger partial charge in [-0.3, -0.25) is 0 Å². The standard InChI is InChI=1S/C17H19BrN2O2S/c1-12(11-22-16-8-6-15(21-2)7-9-16)19-17(23)20-14-5-3-4-13(18)10-14/h3-10,12H,11H2,1-2H3,(H2,19,20,23). The molecule has 1 unspecified atom stereocenters. The molecule has 0 aliphatic heterocycles. The summed E-state index contributed by atoms with van der Waals surface area (Å²) in [6.45, 7) is 2.52. The third-order valence-corrected chi connectivity index (χ3v) is 3.73. The van der Waals surface area contributed by atoms with Gasteiger partial charge >= 0.3 is 0 Å². The largest absolute Gasteiger partial charge is 0.497 e. The maximum atomic E-state index is 5.72. The maximum absolute atomic E-state index is 5.72. The molecular weight excluding hydrogens is 376 g/mol. The Hall–Kier alpha value is -1.79. The van der Waals surface area contributed by atoms with Crippen LogP contribution in [0.5, 0.6) is 11.5 Å². The second-order valence-corrected chi connectivity index (χ2v) is 6.32. The van der Waals surface area contributed by atoms with Crippen LogP contribution >= 0.6 is 28.1 Å². The summed E-state index contributed by atoms with van der Waals surface area (Å²) in [6.07, 6.45) is 0. The van der Waals surface area contributed by atoms with E-state index in [1.807, 2.05) is 55.5 Å². The second-order valence-electron chi connectivity index (χ2n) is 5.00. The first-order valence-corrected chi connectivity index (χ1v) is 8.37. The van der Waals surface area contributed by atoms with Crippen LogP contribution in [0.15, 0.2) is 53.0 Å². The van der Waals surface area contributed by atoms with Gasteiger partial charge in [0.05, 0.1) is 13.2 Å². The molecule has 122 valence electrons. The SMILES string of the molecule is COc1ccc(OCC(C)NC(=S)Nc2cccc(Br)c2)cc1. The molecule has 2 rings (SSSR count). The Morgan fingerprint density at radius 3 is 2.52 bits per heavy atom. The van der Waals surface area contributed by atoms with Gasteiger partial charge in [-0.15, -0.1) is 0 Å². The summed E-state index contributed by atoms with van der Waals surface area (Å²) in [5.41, 5.74) is 0.931. The van der Waals surface area contributed by atoms with Gasteiger partial charge in [0.2, 0.25) is 0 Å². The third kappa shape index (κ3) is 6.08. The Morgan fingerprint density at radius 1 is 1.17 bits per heavy atom. The number of anilines is 1. The van der Waals surface area contributed by atoms with E-state index in [1.54, 1.807) is 7.11 Å². The zero-order chi connectivity index (χ0) is 16.7. The Labute approximate surface area is 150 Å². The number of benzene rings is 2. The predicted molar refractivity (Wildman–Crippen MR) is 101 cm³/mol. The number of rotatable bonds is 6. The number of ether oxygens (including phenoxy) is 2. The highest BCUT2D eigenvalue weighted by Gasteiger charge is 2.06. The fourth-order valence-electron chi connectivity index (χ4n) is 1.89. The Kier molecular flexibility index (Phi) is 6.67. The van der Waals surface area contributed by atoms with Gasteiger partial charge in [0.25, 0.3) is 0 Å². The molecule has 0 heterocycles. The lowest BCUT2D eigenvalue weighted by atomic mass is 10.3. The van der Waals surface area contributed by atoms with Gasteiger partial charge in [-0.25, -0.2) is 0 Å².